The molecule has 1 atom stereocenters. The molecule has 0 unspecified atom stereocenters. The highest BCUT2D eigenvalue weighted by atomic mass is 32.2. The number of hydrogen-bond donors (Lipinski definition) is 0. The maximum absolute atomic E-state index is 12.8. The second kappa shape index (κ2) is 9.52. The third kappa shape index (κ3) is 4.92. The van der Waals surface area contributed by atoms with Crippen LogP contribution in [0, 0.1) is 0 Å². The van der Waals surface area contributed by atoms with Gasteiger partial charge in [-0.15, -0.1) is 0 Å². The number of carbonyl (C=O) groups is 2. The van der Waals surface area contributed by atoms with Crippen LogP contribution in [0.4, 0.5) is 0 Å². The number of likely N-dealkylation sites (tertiary alicyclic amines) is 1. The quantitative estimate of drug-likeness (QED) is 0.520. The van der Waals surface area contributed by atoms with Crippen molar-refractivity contribution >= 4 is 46.2 Å². The summed E-state index contributed by atoms with van der Waals surface area (Å²) < 4.78 is 0.460. The van der Waals surface area contributed by atoms with E-state index < -0.39 is 0 Å². The Morgan fingerprint density at radius 1 is 1.29 bits per heavy atom. The van der Waals surface area contributed by atoms with Crippen LogP contribution < -0.4 is 0 Å². The maximum Gasteiger partial charge on any atom is 0.266 e. The molecular weight excluding hydrogens is 388 g/mol. The van der Waals surface area contributed by atoms with E-state index in [1.807, 2.05) is 54.3 Å². The van der Waals surface area contributed by atoms with Crippen LogP contribution in [0.2, 0.25) is 0 Å². The molecule has 2 amide bonds. The van der Waals surface area contributed by atoms with Gasteiger partial charge in [0.2, 0.25) is 5.91 Å². The van der Waals surface area contributed by atoms with E-state index in [1.54, 1.807) is 0 Å². The lowest BCUT2D eigenvalue weighted by Gasteiger charge is -2.36. The molecule has 2 aliphatic rings. The van der Waals surface area contributed by atoms with Crippen molar-refractivity contribution in [2.75, 3.05) is 13.1 Å². The standard InChI is InChI=1S/C22H26N2O2S2/c1-3-18-11-7-8-12-23(18)20(25)15-24-21(26)19(28-22(24)27)14-16(2)13-17-9-5-4-6-10-17/h4-6,9-10,13-14,18H,3,7-8,11-12,15H2,1-2H3/b16-13+,19-14-/t18-/m1/s1. The number of rotatable bonds is 5. The van der Waals surface area contributed by atoms with E-state index in [1.165, 1.54) is 23.1 Å². The van der Waals surface area contributed by atoms with Gasteiger partial charge in [-0.2, -0.15) is 0 Å². The molecule has 0 spiro atoms. The fraction of sp³-hybridized carbons (Fsp3) is 0.409. The molecule has 0 aliphatic carbocycles. The van der Waals surface area contributed by atoms with Crippen molar-refractivity contribution in [3.8, 4) is 0 Å². The molecule has 6 heteroatoms. The monoisotopic (exact) mass is 414 g/mol. The molecule has 4 nitrogen and oxygen atoms in total. The highest BCUT2D eigenvalue weighted by molar-refractivity contribution is 8.26. The molecule has 2 aliphatic heterocycles. The first-order chi connectivity index (χ1) is 13.5. The number of carbonyl (C=O) groups excluding carboxylic acids is 2. The second-order valence-corrected chi connectivity index (χ2v) is 8.89. The molecule has 2 fully saturated rings. The molecule has 28 heavy (non-hydrogen) atoms. The fourth-order valence-electron chi connectivity index (χ4n) is 3.68. The summed E-state index contributed by atoms with van der Waals surface area (Å²) in [5, 5.41) is 0. The summed E-state index contributed by atoms with van der Waals surface area (Å²) in [5.74, 6) is -0.171. The van der Waals surface area contributed by atoms with Gasteiger partial charge in [0.1, 0.15) is 10.9 Å². The van der Waals surface area contributed by atoms with Crippen LogP contribution in [0.1, 0.15) is 45.1 Å². The summed E-state index contributed by atoms with van der Waals surface area (Å²) >= 11 is 6.67. The van der Waals surface area contributed by atoms with Crippen LogP contribution in [0.25, 0.3) is 6.08 Å². The van der Waals surface area contributed by atoms with Crippen LogP contribution in [-0.2, 0) is 9.59 Å². The molecule has 3 rings (SSSR count). The Labute approximate surface area is 176 Å². The van der Waals surface area contributed by atoms with Gasteiger partial charge in [-0.3, -0.25) is 14.5 Å². The number of allylic oxidation sites excluding steroid dienone is 2. The summed E-state index contributed by atoms with van der Waals surface area (Å²) in [7, 11) is 0. The molecule has 148 valence electrons. The number of benzene rings is 1. The molecule has 1 aromatic rings. The molecule has 0 aromatic heterocycles. The van der Waals surface area contributed by atoms with Gasteiger partial charge in [0.05, 0.1) is 4.91 Å². The van der Waals surface area contributed by atoms with E-state index in [2.05, 4.69) is 6.92 Å². The van der Waals surface area contributed by atoms with Crippen molar-refractivity contribution in [2.45, 2.75) is 45.6 Å². The molecule has 0 N–H and O–H groups in total. The Hall–Kier alpha value is -1.92. The van der Waals surface area contributed by atoms with E-state index >= 15 is 0 Å². The van der Waals surface area contributed by atoms with Crippen molar-refractivity contribution in [1.82, 2.24) is 9.80 Å². The Morgan fingerprint density at radius 3 is 2.75 bits per heavy atom. The van der Waals surface area contributed by atoms with Gasteiger partial charge in [0.25, 0.3) is 5.91 Å². The molecule has 0 saturated carbocycles. The lowest BCUT2D eigenvalue weighted by atomic mass is 10.00. The molecule has 0 bridgehead atoms. The topological polar surface area (TPSA) is 40.6 Å². The van der Waals surface area contributed by atoms with Crippen LogP contribution in [0.15, 0.2) is 46.9 Å². The molecule has 1 aromatic carbocycles. The SMILES string of the molecule is CC[C@@H]1CCCCN1C(=O)CN1C(=O)/C(=C/C(C)=C/c2ccccc2)SC1=S. The zero-order valence-electron chi connectivity index (χ0n) is 16.4. The van der Waals surface area contributed by atoms with Crippen LogP contribution in [0.5, 0.6) is 0 Å². The van der Waals surface area contributed by atoms with E-state index in [4.69, 9.17) is 12.2 Å². The lowest BCUT2D eigenvalue weighted by molar-refractivity contribution is -0.138. The van der Waals surface area contributed by atoms with Crippen LogP contribution in [0.3, 0.4) is 0 Å². The third-order valence-electron chi connectivity index (χ3n) is 5.14. The number of thioether (sulfide) groups is 1. The Bertz CT molecular complexity index is 817. The minimum Gasteiger partial charge on any atom is -0.338 e. The normalized spacial score (nSPS) is 22.3. The van der Waals surface area contributed by atoms with Gasteiger partial charge in [-0.25, -0.2) is 0 Å². The Kier molecular flexibility index (Phi) is 7.08. The predicted octanol–water partition coefficient (Wildman–Crippen LogP) is 4.63. The second-order valence-electron chi connectivity index (χ2n) is 7.21. The van der Waals surface area contributed by atoms with Crippen molar-refractivity contribution in [3.05, 3.63) is 52.4 Å². The van der Waals surface area contributed by atoms with Crippen molar-refractivity contribution in [2.24, 2.45) is 0 Å². The summed E-state index contributed by atoms with van der Waals surface area (Å²) in [5.41, 5.74) is 2.05. The number of hydrogen-bond acceptors (Lipinski definition) is 4. The smallest absolute Gasteiger partial charge is 0.266 e. The van der Waals surface area contributed by atoms with Crippen molar-refractivity contribution in [1.29, 1.82) is 0 Å². The number of nitrogens with zero attached hydrogens (tertiary/aromatic N) is 2. The minimum absolute atomic E-state index is 0.000601. The van der Waals surface area contributed by atoms with E-state index in [0.717, 1.165) is 36.9 Å². The van der Waals surface area contributed by atoms with E-state index in [9.17, 15) is 9.59 Å². The molecular formula is C22H26N2O2S2. The average molecular weight is 415 g/mol. The van der Waals surface area contributed by atoms with Gasteiger partial charge in [0.15, 0.2) is 0 Å². The first-order valence-corrected chi connectivity index (χ1v) is 11.0. The van der Waals surface area contributed by atoms with E-state index in [-0.39, 0.29) is 24.4 Å². The van der Waals surface area contributed by atoms with Gasteiger partial charge in [0, 0.05) is 12.6 Å². The summed E-state index contributed by atoms with van der Waals surface area (Å²) in [6.07, 6.45) is 8.07. The largest absolute Gasteiger partial charge is 0.338 e. The highest BCUT2D eigenvalue weighted by Crippen LogP contribution is 2.32. The Morgan fingerprint density at radius 2 is 2.04 bits per heavy atom. The van der Waals surface area contributed by atoms with Gasteiger partial charge < -0.3 is 4.90 Å². The van der Waals surface area contributed by atoms with Crippen LogP contribution >= 0.6 is 24.0 Å². The zero-order chi connectivity index (χ0) is 20.1. The fourth-order valence-corrected chi connectivity index (χ4v) is 4.98. The summed E-state index contributed by atoms with van der Waals surface area (Å²) in [6, 6.07) is 10.3. The third-order valence-corrected chi connectivity index (χ3v) is 6.52. The summed E-state index contributed by atoms with van der Waals surface area (Å²) in [6.45, 7) is 4.89. The van der Waals surface area contributed by atoms with Gasteiger partial charge >= 0.3 is 0 Å². The van der Waals surface area contributed by atoms with Crippen molar-refractivity contribution < 1.29 is 9.59 Å². The predicted molar refractivity (Wildman–Crippen MR) is 120 cm³/mol. The molecule has 2 saturated heterocycles. The highest BCUT2D eigenvalue weighted by Gasteiger charge is 2.35. The summed E-state index contributed by atoms with van der Waals surface area (Å²) in [4.78, 5) is 29.6. The number of piperidine rings is 1. The first-order valence-electron chi connectivity index (χ1n) is 9.77. The molecule has 0 radical (unpaired) electrons. The molecule has 2 heterocycles. The number of thiocarbonyl (C=S) groups is 1. The van der Waals surface area contributed by atoms with Crippen LogP contribution in [-0.4, -0.2) is 45.1 Å². The average Bonchev–Trinajstić information content (AvgIpc) is 2.95. The van der Waals surface area contributed by atoms with Gasteiger partial charge in [-0.1, -0.05) is 67.3 Å². The number of amides is 2. The van der Waals surface area contributed by atoms with Gasteiger partial charge in [-0.05, 0) is 49.8 Å². The Balaban J connectivity index is 1.69. The first kappa shape index (κ1) is 20.8. The lowest BCUT2D eigenvalue weighted by Crippen LogP contribution is -2.48. The van der Waals surface area contributed by atoms with E-state index in [0.29, 0.717) is 9.23 Å². The maximum atomic E-state index is 12.8. The zero-order valence-corrected chi connectivity index (χ0v) is 18.0. The minimum atomic E-state index is -0.172. The van der Waals surface area contributed by atoms with Crippen molar-refractivity contribution in [3.63, 3.8) is 0 Å².